The van der Waals surface area contributed by atoms with Crippen LogP contribution in [-0.4, -0.2) is 22.2 Å². The van der Waals surface area contributed by atoms with Crippen LogP contribution in [0.3, 0.4) is 0 Å². The second kappa shape index (κ2) is 8.57. The molecule has 0 saturated heterocycles. The third kappa shape index (κ3) is 4.33. The summed E-state index contributed by atoms with van der Waals surface area (Å²) in [5.74, 6) is -1.93. The van der Waals surface area contributed by atoms with Crippen molar-refractivity contribution in [1.82, 2.24) is 0 Å². The van der Waals surface area contributed by atoms with Crippen molar-refractivity contribution >= 4 is 11.9 Å². The summed E-state index contributed by atoms with van der Waals surface area (Å²) in [5.41, 5.74) is 1.52. The van der Waals surface area contributed by atoms with Gasteiger partial charge in [-0.15, -0.1) is 0 Å². The lowest BCUT2D eigenvalue weighted by atomic mass is 9.85. The molecule has 0 spiro atoms. The van der Waals surface area contributed by atoms with Crippen molar-refractivity contribution in [2.75, 3.05) is 0 Å². The van der Waals surface area contributed by atoms with Gasteiger partial charge in [0.25, 0.3) is 0 Å². The van der Waals surface area contributed by atoms with Gasteiger partial charge in [0.15, 0.2) is 0 Å². The van der Waals surface area contributed by atoms with E-state index in [9.17, 15) is 19.8 Å². The molecule has 0 amide bonds. The highest BCUT2D eigenvalue weighted by atomic mass is 16.4. The first-order valence-corrected chi connectivity index (χ1v) is 8.07. The van der Waals surface area contributed by atoms with Crippen molar-refractivity contribution in [3.05, 3.63) is 34.4 Å². The maximum atomic E-state index is 11.6. The molecular formula is C18H26O4. The number of unbranched alkanes of at least 4 members (excludes halogenated alkanes) is 1. The van der Waals surface area contributed by atoms with Crippen molar-refractivity contribution in [3.63, 3.8) is 0 Å². The molecule has 2 N–H and O–H groups in total. The number of carbonyl (C=O) groups is 2. The van der Waals surface area contributed by atoms with Gasteiger partial charge in [-0.25, -0.2) is 9.59 Å². The van der Waals surface area contributed by atoms with Crippen LogP contribution < -0.4 is 0 Å². The lowest BCUT2D eigenvalue weighted by molar-refractivity contribution is 0.0650. The first kappa shape index (κ1) is 18.2. The molecule has 0 aliphatic carbocycles. The van der Waals surface area contributed by atoms with E-state index in [1.807, 2.05) is 6.92 Å². The van der Waals surface area contributed by atoms with E-state index >= 15 is 0 Å². The summed E-state index contributed by atoms with van der Waals surface area (Å²) in [5, 5.41) is 18.8. The number of hydrogen-bond acceptors (Lipinski definition) is 2. The molecule has 1 aromatic carbocycles. The highest BCUT2D eigenvalue weighted by Gasteiger charge is 2.23. The number of carboxylic acids is 2. The Labute approximate surface area is 132 Å². The summed E-state index contributed by atoms with van der Waals surface area (Å²) < 4.78 is 0. The average Bonchev–Trinajstić information content (AvgIpc) is 2.49. The third-order valence-corrected chi connectivity index (χ3v) is 4.27. The van der Waals surface area contributed by atoms with Gasteiger partial charge < -0.3 is 10.2 Å². The summed E-state index contributed by atoms with van der Waals surface area (Å²) in [6, 6.07) is 3.18. The molecule has 0 saturated carbocycles. The van der Waals surface area contributed by atoms with Crippen molar-refractivity contribution in [1.29, 1.82) is 0 Å². The molecule has 4 nitrogen and oxygen atoms in total. The molecule has 0 bridgehead atoms. The third-order valence-electron chi connectivity index (χ3n) is 4.27. The van der Waals surface area contributed by atoms with E-state index in [1.54, 1.807) is 6.07 Å². The molecule has 0 heterocycles. The first-order valence-electron chi connectivity index (χ1n) is 8.07. The second-order valence-electron chi connectivity index (χ2n) is 5.71. The van der Waals surface area contributed by atoms with Gasteiger partial charge >= 0.3 is 11.9 Å². The van der Waals surface area contributed by atoms with Gasteiger partial charge in [-0.1, -0.05) is 52.5 Å². The quantitative estimate of drug-likeness (QED) is 0.709. The van der Waals surface area contributed by atoms with E-state index in [1.165, 1.54) is 6.07 Å². The summed E-state index contributed by atoms with van der Waals surface area (Å²) in [4.78, 5) is 23.0. The predicted octanol–water partition coefficient (Wildman–Crippen LogP) is 4.40. The van der Waals surface area contributed by atoms with Gasteiger partial charge in [0, 0.05) is 0 Å². The Balaban J connectivity index is 3.31. The van der Waals surface area contributed by atoms with Gasteiger partial charge in [0.2, 0.25) is 0 Å². The molecule has 1 unspecified atom stereocenters. The molecule has 122 valence electrons. The molecule has 1 aromatic rings. The highest BCUT2D eigenvalue weighted by molar-refractivity contribution is 6.03. The summed E-state index contributed by atoms with van der Waals surface area (Å²) in [6.07, 6.45) is 5.59. The maximum absolute atomic E-state index is 11.6. The van der Waals surface area contributed by atoms with Crippen LogP contribution in [0.15, 0.2) is 12.1 Å². The molecular weight excluding hydrogens is 280 g/mol. The molecule has 1 rings (SSSR count). The number of aryl methyl sites for hydroxylation is 1. The van der Waals surface area contributed by atoms with Crippen LogP contribution in [0, 0.1) is 5.92 Å². The lowest BCUT2D eigenvalue weighted by Gasteiger charge is -2.19. The first-order chi connectivity index (χ1) is 10.5. The Morgan fingerprint density at radius 1 is 1.09 bits per heavy atom. The van der Waals surface area contributed by atoms with Crippen LogP contribution >= 0.6 is 0 Å². The zero-order chi connectivity index (χ0) is 16.7. The largest absolute Gasteiger partial charge is 0.478 e. The average molecular weight is 306 g/mol. The van der Waals surface area contributed by atoms with Gasteiger partial charge in [-0.2, -0.15) is 0 Å². The Morgan fingerprint density at radius 3 is 2.23 bits per heavy atom. The zero-order valence-corrected chi connectivity index (χ0v) is 13.7. The van der Waals surface area contributed by atoms with Crippen molar-refractivity contribution in [2.24, 2.45) is 5.92 Å². The molecule has 0 aliphatic rings. The molecule has 0 aromatic heterocycles. The molecule has 4 heteroatoms. The molecule has 1 atom stereocenters. The van der Waals surface area contributed by atoms with Crippen LogP contribution in [0.25, 0.3) is 0 Å². The Bertz CT molecular complexity index is 534. The van der Waals surface area contributed by atoms with Gasteiger partial charge in [0.1, 0.15) is 0 Å². The maximum Gasteiger partial charge on any atom is 0.336 e. The van der Waals surface area contributed by atoms with Crippen LogP contribution in [0.4, 0.5) is 0 Å². The van der Waals surface area contributed by atoms with E-state index in [-0.39, 0.29) is 11.1 Å². The Morgan fingerprint density at radius 2 is 1.77 bits per heavy atom. The number of aromatic carboxylic acids is 2. The monoisotopic (exact) mass is 306 g/mol. The molecule has 0 radical (unpaired) electrons. The smallest absolute Gasteiger partial charge is 0.336 e. The van der Waals surface area contributed by atoms with E-state index in [0.717, 1.165) is 31.2 Å². The summed E-state index contributed by atoms with van der Waals surface area (Å²) in [6.45, 7) is 6.21. The fourth-order valence-electron chi connectivity index (χ4n) is 2.91. The standard InChI is InChI=1S/C18H26O4/c1-4-7-8-12(5-2)11-15-13(6-3)9-10-14(17(19)20)16(15)18(21)22/h9-10,12H,4-8,11H2,1-3H3,(H,19,20)(H,21,22). The topological polar surface area (TPSA) is 74.6 Å². The highest BCUT2D eigenvalue weighted by Crippen LogP contribution is 2.27. The van der Waals surface area contributed by atoms with Gasteiger partial charge in [-0.05, 0) is 36.0 Å². The van der Waals surface area contributed by atoms with Crippen LogP contribution in [0.1, 0.15) is 78.3 Å². The molecule has 22 heavy (non-hydrogen) atoms. The van der Waals surface area contributed by atoms with Crippen LogP contribution in [-0.2, 0) is 12.8 Å². The number of benzene rings is 1. The van der Waals surface area contributed by atoms with E-state index < -0.39 is 11.9 Å². The lowest BCUT2D eigenvalue weighted by Crippen LogP contribution is -2.16. The Hall–Kier alpha value is -1.84. The minimum Gasteiger partial charge on any atom is -0.478 e. The second-order valence-corrected chi connectivity index (χ2v) is 5.71. The van der Waals surface area contributed by atoms with Crippen molar-refractivity contribution < 1.29 is 19.8 Å². The Kier molecular flexibility index (Phi) is 7.09. The fraction of sp³-hybridized carbons (Fsp3) is 0.556. The minimum absolute atomic E-state index is 0.0261. The molecule has 0 fully saturated rings. The van der Waals surface area contributed by atoms with Crippen LogP contribution in [0.5, 0.6) is 0 Å². The zero-order valence-electron chi connectivity index (χ0n) is 13.7. The number of hydrogen-bond donors (Lipinski definition) is 2. The number of carboxylic acid groups (broad SMARTS) is 2. The van der Waals surface area contributed by atoms with Crippen LogP contribution in [0.2, 0.25) is 0 Å². The molecule has 0 aliphatic heterocycles. The van der Waals surface area contributed by atoms with E-state index in [0.29, 0.717) is 24.3 Å². The SMILES string of the molecule is CCCCC(CC)Cc1c(CC)ccc(C(=O)O)c1C(=O)O. The number of rotatable bonds is 9. The van der Waals surface area contributed by atoms with Gasteiger partial charge in [0.05, 0.1) is 11.1 Å². The van der Waals surface area contributed by atoms with Crippen molar-refractivity contribution in [2.45, 2.75) is 59.3 Å². The normalized spacial score (nSPS) is 12.1. The predicted molar refractivity (Wildman–Crippen MR) is 86.7 cm³/mol. The fourth-order valence-corrected chi connectivity index (χ4v) is 2.91. The summed E-state index contributed by atoms with van der Waals surface area (Å²) in [7, 11) is 0. The van der Waals surface area contributed by atoms with E-state index in [2.05, 4.69) is 13.8 Å². The summed E-state index contributed by atoms with van der Waals surface area (Å²) >= 11 is 0. The van der Waals surface area contributed by atoms with Gasteiger partial charge in [-0.3, -0.25) is 0 Å². The van der Waals surface area contributed by atoms with E-state index in [4.69, 9.17) is 0 Å². The van der Waals surface area contributed by atoms with Crippen molar-refractivity contribution in [3.8, 4) is 0 Å². The minimum atomic E-state index is -1.18.